The molecule has 1 N–H and O–H groups in total. The van der Waals surface area contributed by atoms with Gasteiger partial charge < -0.3 is 9.84 Å². The predicted molar refractivity (Wildman–Crippen MR) is 124 cm³/mol. The molecular weight excluding hydrogens is 441 g/mol. The Hall–Kier alpha value is -3.58. The maximum Gasteiger partial charge on any atom is 0.307 e. The van der Waals surface area contributed by atoms with Crippen molar-refractivity contribution in [2.75, 3.05) is 6.61 Å². The molecule has 1 aliphatic carbocycles. The zero-order valence-electron chi connectivity index (χ0n) is 17.5. The highest BCUT2D eigenvalue weighted by Gasteiger charge is 2.30. The minimum atomic E-state index is -1.11. The van der Waals surface area contributed by atoms with E-state index in [1.807, 2.05) is 36.4 Å². The smallest absolute Gasteiger partial charge is 0.307 e. The Labute approximate surface area is 193 Å². The quantitative estimate of drug-likeness (QED) is 0.372. The maximum absolute atomic E-state index is 13.9. The van der Waals surface area contributed by atoms with Gasteiger partial charge in [0, 0.05) is 12.3 Å². The second-order valence-electron chi connectivity index (χ2n) is 8.05. The molecule has 0 saturated heterocycles. The van der Waals surface area contributed by atoms with Gasteiger partial charge in [0.2, 0.25) is 0 Å². The third kappa shape index (κ3) is 4.12. The van der Waals surface area contributed by atoms with Crippen molar-refractivity contribution in [2.24, 2.45) is 5.92 Å². The van der Waals surface area contributed by atoms with Crippen LogP contribution in [0.3, 0.4) is 0 Å². The first-order valence-corrected chi connectivity index (χ1v) is 11.4. The Balaban J connectivity index is 1.27. The van der Waals surface area contributed by atoms with Crippen molar-refractivity contribution in [3.05, 3.63) is 88.7 Å². The van der Waals surface area contributed by atoms with E-state index < -0.39 is 23.7 Å². The van der Waals surface area contributed by atoms with E-state index in [2.05, 4.69) is 17.1 Å². The van der Waals surface area contributed by atoms with Crippen LogP contribution in [-0.2, 0) is 20.7 Å². The van der Waals surface area contributed by atoms with E-state index >= 15 is 0 Å². The van der Waals surface area contributed by atoms with Gasteiger partial charge in [-0.1, -0.05) is 54.6 Å². The van der Waals surface area contributed by atoms with Crippen LogP contribution in [0.5, 0.6) is 0 Å². The van der Waals surface area contributed by atoms with Crippen LogP contribution in [0.4, 0.5) is 4.39 Å². The highest BCUT2D eigenvalue weighted by atomic mass is 32.1. The van der Waals surface area contributed by atoms with E-state index in [0.29, 0.717) is 9.71 Å². The molecule has 0 amide bonds. The number of fused-ring (bicyclic) bond motifs is 4. The Kier molecular flexibility index (Phi) is 5.64. The van der Waals surface area contributed by atoms with Crippen LogP contribution in [0.15, 0.2) is 66.7 Å². The first-order chi connectivity index (χ1) is 16.0. The number of rotatable bonds is 7. The van der Waals surface area contributed by atoms with Gasteiger partial charge >= 0.3 is 11.9 Å². The standard InChI is InChI=1S/C26H20FNO4S/c27-21-10-5-11-22-25(21)28-23(33-22)12-15(26(30)31)13-24(29)32-14-20-18-8-3-1-6-16(18)17-7-2-4-9-19(17)20/h1-11,15,20H,12-14H2,(H,30,31)/t15-/m1/s1. The number of thiazole rings is 1. The highest BCUT2D eigenvalue weighted by molar-refractivity contribution is 7.18. The summed E-state index contributed by atoms with van der Waals surface area (Å²) in [5, 5.41) is 10.1. The van der Waals surface area contributed by atoms with Crippen LogP contribution < -0.4 is 0 Å². The monoisotopic (exact) mass is 461 g/mol. The highest BCUT2D eigenvalue weighted by Crippen LogP contribution is 2.44. The molecule has 4 aromatic rings. The molecule has 0 bridgehead atoms. The van der Waals surface area contributed by atoms with Gasteiger partial charge in [-0.25, -0.2) is 9.37 Å². The Morgan fingerprint density at radius 1 is 1.00 bits per heavy atom. The van der Waals surface area contributed by atoms with Gasteiger partial charge in [0.05, 0.1) is 22.0 Å². The summed E-state index contributed by atoms with van der Waals surface area (Å²) in [7, 11) is 0. The van der Waals surface area contributed by atoms with Gasteiger partial charge in [0.1, 0.15) is 17.9 Å². The summed E-state index contributed by atoms with van der Waals surface area (Å²) in [4.78, 5) is 28.6. The minimum absolute atomic E-state index is 0.0400. The van der Waals surface area contributed by atoms with E-state index in [0.717, 1.165) is 22.3 Å². The third-order valence-electron chi connectivity index (χ3n) is 5.97. The van der Waals surface area contributed by atoms with Crippen molar-refractivity contribution in [1.82, 2.24) is 4.98 Å². The predicted octanol–water partition coefficient (Wildman–Crippen LogP) is 5.42. The van der Waals surface area contributed by atoms with Gasteiger partial charge in [0.15, 0.2) is 0 Å². The van der Waals surface area contributed by atoms with Crippen molar-refractivity contribution in [3.63, 3.8) is 0 Å². The van der Waals surface area contributed by atoms with Crippen LogP contribution in [-0.4, -0.2) is 28.6 Å². The molecule has 0 fully saturated rings. The summed E-state index contributed by atoms with van der Waals surface area (Å²) in [5.41, 5.74) is 4.67. The fraction of sp³-hybridized carbons (Fsp3) is 0.192. The molecule has 1 atom stereocenters. The number of carboxylic acids is 1. The lowest BCUT2D eigenvalue weighted by atomic mass is 9.98. The van der Waals surface area contributed by atoms with Crippen LogP contribution in [0.25, 0.3) is 21.3 Å². The molecule has 33 heavy (non-hydrogen) atoms. The average molecular weight is 462 g/mol. The summed E-state index contributed by atoms with van der Waals surface area (Å²) in [6, 6.07) is 20.7. The second kappa shape index (κ2) is 8.75. The SMILES string of the molecule is O=C(C[C@@H](Cc1nc2c(F)cccc2s1)C(=O)O)OCC1c2ccccc2-c2ccccc21. The number of carboxylic acid groups (broad SMARTS) is 1. The molecule has 0 radical (unpaired) electrons. The van der Waals surface area contributed by atoms with E-state index in [9.17, 15) is 19.1 Å². The van der Waals surface area contributed by atoms with Crippen LogP contribution in [0.1, 0.15) is 28.5 Å². The van der Waals surface area contributed by atoms with Gasteiger partial charge in [-0.3, -0.25) is 9.59 Å². The van der Waals surface area contributed by atoms with Crippen molar-refractivity contribution in [1.29, 1.82) is 0 Å². The number of aromatic nitrogens is 1. The van der Waals surface area contributed by atoms with Crippen LogP contribution in [0.2, 0.25) is 0 Å². The molecule has 0 aliphatic heterocycles. The molecule has 3 aromatic carbocycles. The summed E-state index contributed by atoms with van der Waals surface area (Å²) in [5.74, 6) is -3.21. The lowest BCUT2D eigenvalue weighted by molar-refractivity contribution is -0.151. The number of nitrogens with zero attached hydrogens (tertiary/aromatic N) is 1. The molecule has 0 saturated carbocycles. The number of ether oxygens (including phenoxy) is 1. The Bertz CT molecular complexity index is 1320. The Morgan fingerprint density at radius 3 is 2.30 bits per heavy atom. The van der Waals surface area contributed by atoms with Crippen molar-refractivity contribution in [2.45, 2.75) is 18.8 Å². The second-order valence-corrected chi connectivity index (χ2v) is 9.16. The first-order valence-electron chi connectivity index (χ1n) is 10.6. The van der Waals surface area contributed by atoms with Crippen molar-refractivity contribution < 1.29 is 23.8 Å². The number of carbonyl (C=O) groups excluding carboxylic acids is 1. The third-order valence-corrected chi connectivity index (χ3v) is 7.01. The number of benzene rings is 3. The van der Waals surface area contributed by atoms with Crippen LogP contribution >= 0.6 is 11.3 Å². The molecule has 0 unspecified atom stereocenters. The molecule has 0 spiro atoms. The normalized spacial score (nSPS) is 13.5. The largest absolute Gasteiger partial charge is 0.481 e. The lowest BCUT2D eigenvalue weighted by Gasteiger charge is -2.15. The Morgan fingerprint density at radius 2 is 1.67 bits per heavy atom. The minimum Gasteiger partial charge on any atom is -0.481 e. The zero-order valence-corrected chi connectivity index (χ0v) is 18.3. The fourth-order valence-electron chi connectivity index (χ4n) is 4.38. The number of esters is 1. The topological polar surface area (TPSA) is 76.5 Å². The van der Waals surface area contributed by atoms with E-state index in [4.69, 9.17) is 4.74 Å². The van der Waals surface area contributed by atoms with E-state index in [1.54, 1.807) is 12.1 Å². The van der Waals surface area contributed by atoms with Gasteiger partial charge in [-0.05, 0) is 34.4 Å². The van der Waals surface area contributed by atoms with Crippen molar-refractivity contribution in [3.8, 4) is 11.1 Å². The summed E-state index contributed by atoms with van der Waals surface area (Å²) < 4.78 is 20.1. The number of hydrogen-bond acceptors (Lipinski definition) is 5. The molecule has 5 rings (SSSR count). The summed E-state index contributed by atoms with van der Waals surface area (Å²) in [6.07, 6.45) is -0.234. The van der Waals surface area contributed by atoms with E-state index in [-0.39, 0.29) is 30.9 Å². The zero-order chi connectivity index (χ0) is 22.9. The molecule has 166 valence electrons. The molecule has 1 heterocycles. The number of halogens is 1. The molecule has 1 aliphatic rings. The molecule has 7 heteroatoms. The summed E-state index contributed by atoms with van der Waals surface area (Å²) >= 11 is 1.24. The molecule has 1 aromatic heterocycles. The van der Waals surface area contributed by atoms with Gasteiger partial charge in [0.25, 0.3) is 0 Å². The molecular formula is C26H20FNO4S. The number of para-hydroxylation sites is 1. The van der Waals surface area contributed by atoms with E-state index in [1.165, 1.54) is 17.4 Å². The number of hydrogen-bond donors (Lipinski definition) is 1. The fourth-order valence-corrected chi connectivity index (χ4v) is 5.44. The average Bonchev–Trinajstić information content (AvgIpc) is 3.37. The number of carbonyl (C=O) groups is 2. The maximum atomic E-state index is 13.9. The lowest BCUT2D eigenvalue weighted by Crippen LogP contribution is -2.22. The van der Waals surface area contributed by atoms with Crippen molar-refractivity contribution >= 4 is 33.5 Å². The molecule has 5 nitrogen and oxygen atoms in total. The number of aliphatic carboxylic acids is 1. The van der Waals surface area contributed by atoms with Crippen LogP contribution in [0, 0.1) is 11.7 Å². The summed E-state index contributed by atoms with van der Waals surface area (Å²) in [6.45, 7) is 0.144. The van der Waals surface area contributed by atoms with Gasteiger partial charge in [-0.2, -0.15) is 0 Å². The first kappa shape index (κ1) is 21.3. The van der Waals surface area contributed by atoms with Gasteiger partial charge in [-0.15, -0.1) is 11.3 Å².